The van der Waals surface area contributed by atoms with Gasteiger partial charge in [-0.25, -0.2) is 0 Å². The maximum atomic E-state index is 5.11. The summed E-state index contributed by atoms with van der Waals surface area (Å²) in [4.78, 5) is 19.2. The second-order valence-electron chi connectivity index (χ2n) is 14.3. The van der Waals surface area contributed by atoms with E-state index in [0.29, 0.717) is 36.5 Å². The van der Waals surface area contributed by atoms with E-state index in [-0.39, 0.29) is 0 Å². The van der Waals surface area contributed by atoms with E-state index in [4.69, 9.17) is 9.98 Å². The molecular formula is C45H52N4. The monoisotopic (exact) mass is 648 g/mol. The molecule has 0 radical (unpaired) electrons. The van der Waals surface area contributed by atoms with Gasteiger partial charge in [0, 0.05) is 49.1 Å². The zero-order valence-electron chi connectivity index (χ0n) is 30.8. The van der Waals surface area contributed by atoms with Crippen LogP contribution < -0.4 is 0 Å². The van der Waals surface area contributed by atoms with Crippen LogP contribution in [0, 0.1) is 6.92 Å². The van der Waals surface area contributed by atoms with Crippen LogP contribution >= 0.6 is 0 Å². The van der Waals surface area contributed by atoms with Crippen molar-refractivity contribution in [2.45, 2.75) is 98.8 Å². The number of aromatic nitrogens is 2. The molecule has 0 N–H and O–H groups in total. The third-order valence-corrected chi connectivity index (χ3v) is 9.19. The Labute approximate surface area is 294 Å². The van der Waals surface area contributed by atoms with Gasteiger partial charge in [-0.3, -0.25) is 20.0 Å². The third-order valence-electron chi connectivity index (χ3n) is 9.19. The van der Waals surface area contributed by atoms with Crippen LogP contribution in [0.4, 0.5) is 11.4 Å². The molecule has 0 atom stereocenters. The van der Waals surface area contributed by atoms with Crippen LogP contribution in [-0.2, 0) is 12.8 Å². The van der Waals surface area contributed by atoms with Crippen LogP contribution in [0.15, 0.2) is 101 Å². The van der Waals surface area contributed by atoms with Gasteiger partial charge in [-0.2, -0.15) is 0 Å². The minimum Gasteiger partial charge on any atom is -0.261 e. The zero-order chi connectivity index (χ0) is 35.1. The van der Waals surface area contributed by atoms with Gasteiger partial charge in [-0.05, 0) is 129 Å². The molecule has 0 fully saturated rings. The van der Waals surface area contributed by atoms with Gasteiger partial charge in [0.05, 0.1) is 11.4 Å². The molecule has 0 saturated heterocycles. The van der Waals surface area contributed by atoms with Gasteiger partial charge in [-0.15, -0.1) is 0 Å². The van der Waals surface area contributed by atoms with Gasteiger partial charge in [-0.1, -0.05) is 85.7 Å². The number of pyridine rings is 2. The molecular weight excluding hydrogens is 597 g/mol. The Morgan fingerprint density at radius 2 is 0.959 bits per heavy atom. The maximum absolute atomic E-state index is 5.11. The molecule has 0 spiro atoms. The average Bonchev–Trinajstić information content (AvgIpc) is 3.08. The first-order valence-electron chi connectivity index (χ1n) is 17.9. The highest BCUT2D eigenvalue weighted by Crippen LogP contribution is 2.45. The molecule has 3 aromatic carbocycles. The largest absolute Gasteiger partial charge is 0.261 e. The van der Waals surface area contributed by atoms with Crippen molar-refractivity contribution in [1.82, 2.24) is 9.97 Å². The lowest BCUT2D eigenvalue weighted by Gasteiger charge is -2.23. The number of aryl methyl sites for hydroxylation is 1. The van der Waals surface area contributed by atoms with Crippen LogP contribution in [-0.4, -0.2) is 22.4 Å². The van der Waals surface area contributed by atoms with Gasteiger partial charge in [0.2, 0.25) is 0 Å². The normalized spacial score (nSPS) is 12.1. The number of hydrogen-bond acceptors (Lipinski definition) is 4. The van der Waals surface area contributed by atoms with Crippen molar-refractivity contribution in [1.29, 1.82) is 0 Å². The highest BCUT2D eigenvalue weighted by atomic mass is 14.8. The summed E-state index contributed by atoms with van der Waals surface area (Å²) in [7, 11) is 0. The summed E-state index contributed by atoms with van der Waals surface area (Å²) >= 11 is 0. The number of rotatable bonds is 12. The Kier molecular flexibility index (Phi) is 11.7. The van der Waals surface area contributed by atoms with Gasteiger partial charge in [0.25, 0.3) is 0 Å². The summed E-state index contributed by atoms with van der Waals surface area (Å²) in [5, 5.41) is 0. The second kappa shape index (κ2) is 16.1. The fourth-order valence-electron chi connectivity index (χ4n) is 6.51. The second-order valence-corrected chi connectivity index (χ2v) is 14.3. The van der Waals surface area contributed by atoms with Crippen molar-refractivity contribution in [3.05, 3.63) is 130 Å². The molecule has 4 nitrogen and oxygen atoms in total. The lowest BCUT2D eigenvalue weighted by molar-refractivity contribution is 0.834. The molecule has 0 unspecified atom stereocenters. The minimum absolute atomic E-state index is 0.315. The Bertz CT molecular complexity index is 1860. The number of benzene rings is 3. The van der Waals surface area contributed by atoms with Crippen LogP contribution in [0.3, 0.4) is 0 Å². The number of hydrogen-bond donors (Lipinski definition) is 0. The first kappa shape index (κ1) is 35.6. The number of nitrogens with zero attached hydrogens (tertiary/aromatic N) is 4. The minimum atomic E-state index is 0.315. The Morgan fingerprint density at radius 3 is 1.35 bits per heavy atom. The quantitative estimate of drug-likeness (QED) is 0.126. The summed E-state index contributed by atoms with van der Waals surface area (Å²) in [5.41, 5.74) is 15.6. The molecule has 0 saturated carbocycles. The van der Waals surface area contributed by atoms with Crippen LogP contribution in [0.5, 0.6) is 0 Å². The van der Waals surface area contributed by atoms with E-state index in [1.54, 1.807) is 0 Å². The molecule has 0 aliphatic heterocycles. The molecule has 2 heterocycles. The maximum Gasteiger partial charge on any atom is 0.0695 e. The summed E-state index contributed by atoms with van der Waals surface area (Å²) < 4.78 is 0. The highest BCUT2D eigenvalue weighted by Gasteiger charge is 2.21. The van der Waals surface area contributed by atoms with E-state index in [9.17, 15) is 0 Å². The van der Waals surface area contributed by atoms with Crippen molar-refractivity contribution in [3.63, 3.8) is 0 Å². The Hall–Kier alpha value is -4.70. The van der Waals surface area contributed by atoms with E-state index in [1.165, 1.54) is 50.1 Å². The Morgan fingerprint density at radius 1 is 0.531 bits per heavy atom. The fraction of sp³-hybridized carbons (Fsp3) is 0.333. The molecule has 5 aromatic rings. The first-order chi connectivity index (χ1) is 23.5. The SMILES string of the molecule is Cc1cccc(-c2cc(C(C)C)c(N=CCc3ccccn3)c(C(C)C)c2)c1-c1cc(C(C)C)c(N=CCc2ccccn2)c(C(C)C)c1. The summed E-state index contributed by atoms with van der Waals surface area (Å²) in [6, 6.07) is 28.3. The van der Waals surface area contributed by atoms with E-state index in [0.717, 1.165) is 22.8 Å². The highest BCUT2D eigenvalue weighted by molar-refractivity contribution is 5.89. The zero-order valence-corrected chi connectivity index (χ0v) is 30.8. The molecule has 4 heteroatoms. The molecule has 5 rings (SSSR count). The van der Waals surface area contributed by atoms with E-state index < -0.39 is 0 Å². The lowest BCUT2D eigenvalue weighted by atomic mass is 9.83. The molecule has 49 heavy (non-hydrogen) atoms. The van der Waals surface area contributed by atoms with E-state index in [2.05, 4.69) is 127 Å². The van der Waals surface area contributed by atoms with Crippen LogP contribution in [0.25, 0.3) is 22.3 Å². The lowest BCUT2D eigenvalue weighted by Crippen LogP contribution is -2.01. The van der Waals surface area contributed by atoms with Crippen LogP contribution in [0.1, 0.15) is 118 Å². The fourth-order valence-corrected chi connectivity index (χ4v) is 6.51. The smallest absolute Gasteiger partial charge is 0.0695 e. The molecule has 0 aliphatic carbocycles. The third kappa shape index (κ3) is 8.48. The van der Waals surface area contributed by atoms with Crippen molar-refractivity contribution < 1.29 is 0 Å². The van der Waals surface area contributed by atoms with Gasteiger partial charge in [0.15, 0.2) is 0 Å². The van der Waals surface area contributed by atoms with Crippen LogP contribution in [0.2, 0.25) is 0 Å². The van der Waals surface area contributed by atoms with Crippen molar-refractivity contribution in [2.24, 2.45) is 9.98 Å². The number of aliphatic imine (C=N–C) groups is 2. The Balaban J connectivity index is 1.64. The van der Waals surface area contributed by atoms with Crippen molar-refractivity contribution >= 4 is 23.8 Å². The van der Waals surface area contributed by atoms with Gasteiger partial charge >= 0.3 is 0 Å². The average molecular weight is 649 g/mol. The van der Waals surface area contributed by atoms with Crippen molar-refractivity contribution in [3.8, 4) is 22.3 Å². The first-order valence-corrected chi connectivity index (χ1v) is 17.9. The van der Waals surface area contributed by atoms with Crippen molar-refractivity contribution in [2.75, 3.05) is 0 Å². The van der Waals surface area contributed by atoms with Gasteiger partial charge in [0.1, 0.15) is 0 Å². The molecule has 252 valence electrons. The van der Waals surface area contributed by atoms with E-state index in [1.807, 2.05) is 49.1 Å². The molecule has 0 bridgehead atoms. The predicted molar refractivity (Wildman–Crippen MR) is 211 cm³/mol. The summed E-state index contributed by atoms with van der Waals surface area (Å²) in [5.74, 6) is 1.26. The molecule has 2 aromatic heterocycles. The molecule has 0 amide bonds. The predicted octanol–water partition coefficient (Wildman–Crippen LogP) is 12.5. The summed E-state index contributed by atoms with van der Waals surface area (Å²) in [6.45, 7) is 20.4. The summed E-state index contributed by atoms with van der Waals surface area (Å²) in [6.07, 6.45) is 9.15. The van der Waals surface area contributed by atoms with E-state index >= 15 is 0 Å². The topological polar surface area (TPSA) is 50.5 Å². The van der Waals surface area contributed by atoms with Gasteiger partial charge < -0.3 is 0 Å². The molecule has 0 aliphatic rings. The standard InChI is InChI=1S/C45H52N4/c1-29(2)39-25-34(26-40(30(3)4)44(39)48-23-19-36-16-10-12-21-46-36)38-18-14-15-33(9)43(38)35-27-41(31(5)6)45(42(28-35)32(7)8)49-24-20-37-17-11-13-22-47-37/h10-18,21-32H,19-20H2,1-9H3.